The molecule has 0 aliphatic carbocycles. The fraction of sp³-hybridized carbons (Fsp3) is 0.500. The average molecular weight is 190 g/mol. The number of hydrogen-bond acceptors (Lipinski definition) is 2. The van der Waals surface area contributed by atoms with Gasteiger partial charge in [0.15, 0.2) is 0 Å². The number of rotatable bonds is 4. The Bertz CT molecular complexity index is 252. The maximum atomic E-state index is 3.48. The fourth-order valence-electron chi connectivity index (χ4n) is 1.92. The van der Waals surface area contributed by atoms with Crippen LogP contribution in [0.1, 0.15) is 18.4 Å². The second-order valence-corrected chi connectivity index (χ2v) is 3.91. The third-order valence-electron chi connectivity index (χ3n) is 2.73. The Morgan fingerprint density at radius 2 is 2.14 bits per heavy atom. The summed E-state index contributed by atoms with van der Waals surface area (Å²) in [5.74, 6) is 0. The minimum atomic E-state index is 0.693. The molecule has 1 saturated heterocycles. The quantitative estimate of drug-likeness (QED) is 0.752. The van der Waals surface area contributed by atoms with Crippen LogP contribution in [-0.2, 0) is 6.54 Å². The Morgan fingerprint density at radius 1 is 1.29 bits per heavy atom. The van der Waals surface area contributed by atoms with Crippen molar-refractivity contribution in [3.63, 3.8) is 0 Å². The van der Waals surface area contributed by atoms with E-state index in [-0.39, 0.29) is 0 Å². The van der Waals surface area contributed by atoms with Gasteiger partial charge in [-0.2, -0.15) is 0 Å². The van der Waals surface area contributed by atoms with Crippen molar-refractivity contribution in [2.45, 2.75) is 25.4 Å². The molecule has 0 spiro atoms. The van der Waals surface area contributed by atoms with Crippen LogP contribution in [0.25, 0.3) is 0 Å². The molecule has 0 unspecified atom stereocenters. The Balaban J connectivity index is 1.67. The molecule has 2 N–H and O–H groups in total. The highest BCUT2D eigenvalue weighted by Gasteiger charge is 2.12. The second kappa shape index (κ2) is 5.13. The zero-order valence-corrected chi connectivity index (χ0v) is 8.50. The molecule has 2 heteroatoms. The van der Waals surface area contributed by atoms with Gasteiger partial charge < -0.3 is 10.6 Å². The van der Waals surface area contributed by atoms with E-state index in [0.717, 1.165) is 13.1 Å². The summed E-state index contributed by atoms with van der Waals surface area (Å²) in [4.78, 5) is 0. The minimum absolute atomic E-state index is 0.693. The van der Waals surface area contributed by atoms with E-state index in [9.17, 15) is 0 Å². The van der Waals surface area contributed by atoms with Gasteiger partial charge in [-0.25, -0.2) is 0 Å². The molecule has 1 heterocycles. The summed E-state index contributed by atoms with van der Waals surface area (Å²) < 4.78 is 0. The van der Waals surface area contributed by atoms with Crippen LogP contribution in [0, 0.1) is 0 Å². The van der Waals surface area contributed by atoms with Crippen molar-refractivity contribution in [3.05, 3.63) is 35.9 Å². The standard InChI is InChI=1S/C12H18N2/c1-2-5-11(6-3-1)9-13-10-12-7-4-8-14-12/h1-3,5-6,12-14H,4,7-10H2/t12-/m1/s1. The molecule has 0 amide bonds. The molecule has 76 valence electrons. The molecule has 1 fully saturated rings. The highest BCUT2D eigenvalue weighted by atomic mass is 15.0. The maximum absolute atomic E-state index is 3.48. The van der Waals surface area contributed by atoms with Crippen LogP contribution in [-0.4, -0.2) is 19.1 Å². The molecule has 0 aromatic heterocycles. The maximum Gasteiger partial charge on any atom is 0.0206 e. The molecule has 1 aromatic rings. The summed E-state index contributed by atoms with van der Waals surface area (Å²) in [5.41, 5.74) is 1.37. The van der Waals surface area contributed by atoms with E-state index >= 15 is 0 Å². The molecule has 0 saturated carbocycles. The summed E-state index contributed by atoms with van der Waals surface area (Å²) in [6, 6.07) is 11.3. The van der Waals surface area contributed by atoms with Gasteiger partial charge in [0.1, 0.15) is 0 Å². The van der Waals surface area contributed by atoms with Crippen molar-refractivity contribution in [1.82, 2.24) is 10.6 Å². The molecule has 1 aliphatic heterocycles. The van der Waals surface area contributed by atoms with Crippen LogP contribution in [0.3, 0.4) is 0 Å². The topological polar surface area (TPSA) is 24.1 Å². The van der Waals surface area contributed by atoms with Crippen molar-refractivity contribution in [1.29, 1.82) is 0 Å². The second-order valence-electron chi connectivity index (χ2n) is 3.91. The SMILES string of the molecule is c1ccc(CNC[C@H]2CCCN2)cc1. The van der Waals surface area contributed by atoms with Gasteiger partial charge in [0.05, 0.1) is 0 Å². The van der Waals surface area contributed by atoms with E-state index in [0.29, 0.717) is 6.04 Å². The first-order valence-electron chi connectivity index (χ1n) is 5.43. The van der Waals surface area contributed by atoms with Crippen molar-refractivity contribution in [2.75, 3.05) is 13.1 Å². The van der Waals surface area contributed by atoms with E-state index in [4.69, 9.17) is 0 Å². The smallest absolute Gasteiger partial charge is 0.0206 e. The molecule has 0 bridgehead atoms. The number of benzene rings is 1. The number of hydrogen-bond donors (Lipinski definition) is 2. The molecule has 2 nitrogen and oxygen atoms in total. The fourth-order valence-corrected chi connectivity index (χ4v) is 1.92. The van der Waals surface area contributed by atoms with Crippen LogP contribution in [0.15, 0.2) is 30.3 Å². The van der Waals surface area contributed by atoms with Crippen LogP contribution in [0.2, 0.25) is 0 Å². The van der Waals surface area contributed by atoms with Gasteiger partial charge in [-0.15, -0.1) is 0 Å². The van der Waals surface area contributed by atoms with Crippen LogP contribution in [0.5, 0.6) is 0 Å². The lowest BCUT2D eigenvalue weighted by molar-refractivity contribution is 0.536. The highest BCUT2D eigenvalue weighted by Crippen LogP contribution is 2.04. The van der Waals surface area contributed by atoms with Gasteiger partial charge in [-0.1, -0.05) is 30.3 Å². The Kier molecular flexibility index (Phi) is 3.55. The lowest BCUT2D eigenvalue weighted by Crippen LogP contribution is -2.33. The van der Waals surface area contributed by atoms with Crippen LogP contribution < -0.4 is 10.6 Å². The Labute approximate surface area is 85.7 Å². The van der Waals surface area contributed by atoms with Gasteiger partial charge in [0, 0.05) is 19.1 Å². The van der Waals surface area contributed by atoms with Gasteiger partial charge in [-0.3, -0.25) is 0 Å². The van der Waals surface area contributed by atoms with E-state index in [2.05, 4.69) is 41.0 Å². The van der Waals surface area contributed by atoms with Crippen molar-refractivity contribution in [2.24, 2.45) is 0 Å². The van der Waals surface area contributed by atoms with Crippen LogP contribution in [0.4, 0.5) is 0 Å². The first-order chi connectivity index (χ1) is 6.95. The van der Waals surface area contributed by atoms with Crippen molar-refractivity contribution >= 4 is 0 Å². The van der Waals surface area contributed by atoms with Gasteiger partial charge in [0.25, 0.3) is 0 Å². The molecule has 2 rings (SSSR count). The zero-order chi connectivity index (χ0) is 9.64. The molecule has 1 aliphatic rings. The monoisotopic (exact) mass is 190 g/mol. The predicted octanol–water partition coefficient (Wildman–Crippen LogP) is 1.53. The van der Waals surface area contributed by atoms with E-state index in [1.165, 1.54) is 24.9 Å². The summed E-state index contributed by atoms with van der Waals surface area (Å²) in [6.45, 7) is 3.27. The van der Waals surface area contributed by atoms with Gasteiger partial charge in [0.2, 0.25) is 0 Å². The normalized spacial score (nSPS) is 21.3. The first kappa shape index (κ1) is 9.69. The summed E-state index contributed by atoms with van der Waals surface area (Å²) in [7, 11) is 0. The third-order valence-corrected chi connectivity index (χ3v) is 2.73. The molecular formula is C12H18N2. The summed E-state index contributed by atoms with van der Waals surface area (Å²) >= 11 is 0. The zero-order valence-electron chi connectivity index (χ0n) is 8.50. The van der Waals surface area contributed by atoms with Gasteiger partial charge >= 0.3 is 0 Å². The molecule has 14 heavy (non-hydrogen) atoms. The van der Waals surface area contributed by atoms with E-state index in [1.807, 2.05) is 0 Å². The Morgan fingerprint density at radius 3 is 2.86 bits per heavy atom. The largest absolute Gasteiger partial charge is 0.313 e. The lowest BCUT2D eigenvalue weighted by Gasteiger charge is -2.11. The third kappa shape index (κ3) is 2.82. The molecular weight excluding hydrogens is 172 g/mol. The van der Waals surface area contributed by atoms with E-state index in [1.54, 1.807) is 0 Å². The first-order valence-corrected chi connectivity index (χ1v) is 5.43. The minimum Gasteiger partial charge on any atom is -0.313 e. The predicted molar refractivity (Wildman–Crippen MR) is 59.2 cm³/mol. The van der Waals surface area contributed by atoms with E-state index < -0.39 is 0 Å². The van der Waals surface area contributed by atoms with Gasteiger partial charge in [-0.05, 0) is 24.9 Å². The molecule has 0 radical (unpaired) electrons. The summed E-state index contributed by atoms with van der Waals surface area (Å²) in [6.07, 6.45) is 2.65. The number of nitrogens with one attached hydrogen (secondary N) is 2. The Hall–Kier alpha value is -0.860. The summed E-state index contributed by atoms with van der Waals surface area (Å²) in [5, 5.41) is 6.96. The molecule has 1 aromatic carbocycles. The van der Waals surface area contributed by atoms with Crippen LogP contribution >= 0.6 is 0 Å². The van der Waals surface area contributed by atoms with Crippen molar-refractivity contribution in [3.8, 4) is 0 Å². The molecule has 1 atom stereocenters. The highest BCUT2D eigenvalue weighted by molar-refractivity contribution is 5.14. The van der Waals surface area contributed by atoms with Crippen molar-refractivity contribution < 1.29 is 0 Å². The average Bonchev–Trinajstić information content (AvgIpc) is 2.72. The lowest BCUT2D eigenvalue weighted by atomic mass is 10.2.